The number of esters is 1. The second-order valence-corrected chi connectivity index (χ2v) is 11.4. The molecule has 1 aromatic heterocycles. The van der Waals surface area contributed by atoms with Crippen LogP contribution in [0.3, 0.4) is 0 Å². The molecule has 11 heteroatoms. The van der Waals surface area contributed by atoms with Crippen molar-refractivity contribution in [3.05, 3.63) is 79.0 Å². The molecule has 0 unspecified atom stereocenters. The summed E-state index contributed by atoms with van der Waals surface area (Å²) in [5.74, 6) is -1.02. The zero-order valence-electron chi connectivity index (χ0n) is 24.6. The smallest absolute Gasteiger partial charge is 0.338 e. The largest absolute Gasteiger partial charge is 0.460 e. The lowest BCUT2D eigenvalue weighted by molar-refractivity contribution is -0.0246. The van der Waals surface area contributed by atoms with Crippen LogP contribution in [-0.2, 0) is 29.1 Å². The second kappa shape index (κ2) is 12.8. The van der Waals surface area contributed by atoms with Gasteiger partial charge in [-0.15, -0.1) is 0 Å². The maximum Gasteiger partial charge on any atom is 0.338 e. The molecule has 41 heavy (non-hydrogen) atoms. The molecule has 0 aliphatic carbocycles. The Kier molecular flexibility index (Phi) is 9.88. The first-order valence-electron chi connectivity index (χ1n) is 13.7. The number of ketones is 1. The van der Waals surface area contributed by atoms with Crippen LogP contribution in [-0.4, -0.2) is 56.0 Å². The van der Waals surface area contributed by atoms with Crippen LogP contribution in [0.25, 0.3) is 10.8 Å². The molecule has 0 saturated heterocycles. The minimum Gasteiger partial charge on any atom is -0.460 e. The van der Waals surface area contributed by atoms with Crippen LogP contribution >= 0.6 is 0 Å². The van der Waals surface area contributed by atoms with E-state index in [2.05, 4.69) is 0 Å². The van der Waals surface area contributed by atoms with E-state index in [9.17, 15) is 29.1 Å². The molecule has 0 atom stereocenters. The highest BCUT2D eigenvalue weighted by molar-refractivity contribution is 6.11. The van der Waals surface area contributed by atoms with E-state index in [0.717, 1.165) is 24.5 Å². The second-order valence-electron chi connectivity index (χ2n) is 11.4. The summed E-state index contributed by atoms with van der Waals surface area (Å²) < 4.78 is 13.6. The van der Waals surface area contributed by atoms with Crippen LogP contribution in [0.15, 0.2) is 50.8 Å². The lowest BCUT2D eigenvalue weighted by atomic mass is 9.84. The van der Waals surface area contributed by atoms with Crippen LogP contribution in [0.1, 0.15) is 68.7 Å². The molecule has 0 aliphatic rings. The summed E-state index contributed by atoms with van der Waals surface area (Å²) in [6.45, 7) is 9.40. The Morgan fingerprint density at radius 1 is 0.780 bits per heavy atom. The molecule has 0 fully saturated rings. The zero-order valence-corrected chi connectivity index (χ0v) is 24.6. The number of benzene rings is 2. The third-order valence-electron chi connectivity index (χ3n) is 6.95. The van der Waals surface area contributed by atoms with E-state index in [4.69, 9.17) is 9.47 Å². The van der Waals surface area contributed by atoms with Crippen LogP contribution in [0, 0.1) is 5.41 Å². The molecule has 0 aliphatic heterocycles. The Balaban J connectivity index is 1.90. The Morgan fingerprint density at radius 3 is 1.76 bits per heavy atom. The lowest BCUT2D eigenvalue weighted by Gasteiger charge is -2.23. The SMILES string of the molecule is CCC(C)(C)OCCn1c(=O)n(CCO)c(=O)n(CCOC(=O)c2cc3ccccc3cc2C(=O)C(C)(C)C)c1=O. The van der Waals surface area contributed by atoms with E-state index in [1.54, 1.807) is 32.9 Å². The maximum atomic E-state index is 13.2. The van der Waals surface area contributed by atoms with Gasteiger partial charge in [0.1, 0.15) is 6.61 Å². The number of aliphatic hydroxyl groups excluding tert-OH is 1. The van der Waals surface area contributed by atoms with Gasteiger partial charge in [-0.3, -0.25) is 4.79 Å². The maximum absolute atomic E-state index is 13.2. The van der Waals surface area contributed by atoms with Gasteiger partial charge in [0, 0.05) is 11.0 Å². The number of nitrogens with zero attached hydrogens (tertiary/aromatic N) is 3. The molecule has 0 amide bonds. The summed E-state index contributed by atoms with van der Waals surface area (Å²) in [6.07, 6.45) is 0.710. The van der Waals surface area contributed by atoms with E-state index >= 15 is 0 Å². The van der Waals surface area contributed by atoms with E-state index in [-0.39, 0.29) is 49.8 Å². The highest BCUT2D eigenvalue weighted by atomic mass is 16.5. The first kappa shape index (κ1) is 31.7. The predicted molar refractivity (Wildman–Crippen MR) is 155 cm³/mol. The number of hydrogen-bond donors (Lipinski definition) is 1. The van der Waals surface area contributed by atoms with Crippen LogP contribution in [0.4, 0.5) is 0 Å². The Hall–Kier alpha value is -3.83. The van der Waals surface area contributed by atoms with Crippen molar-refractivity contribution in [2.24, 2.45) is 5.41 Å². The molecule has 0 spiro atoms. The quantitative estimate of drug-likeness (QED) is 0.259. The first-order chi connectivity index (χ1) is 19.2. The van der Waals surface area contributed by atoms with Gasteiger partial charge in [-0.25, -0.2) is 32.9 Å². The van der Waals surface area contributed by atoms with Crippen LogP contribution < -0.4 is 17.1 Å². The van der Waals surface area contributed by atoms with Gasteiger partial charge >= 0.3 is 23.0 Å². The minimum absolute atomic E-state index is 0.0504. The average Bonchev–Trinajstić information content (AvgIpc) is 2.93. The molecule has 0 bridgehead atoms. The highest BCUT2D eigenvalue weighted by Crippen LogP contribution is 2.27. The monoisotopic (exact) mass is 569 g/mol. The number of rotatable bonds is 12. The lowest BCUT2D eigenvalue weighted by Crippen LogP contribution is -2.55. The third kappa shape index (κ3) is 7.28. The summed E-state index contributed by atoms with van der Waals surface area (Å²) in [5.41, 5.74) is -3.59. The molecular weight excluding hydrogens is 530 g/mol. The third-order valence-corrected chi connectivity index (χ3v) is 6.95. The van der Waals surface area contributed by atoms with E-state index < -0.39 is 40.7 Å². The van der Waals surface area contributed by atoms with Gasteiger partial charge in [-0.05, 0) is 43.2 Å². The van der Waals surface area contributed by atoms with Gasteiger partial charge in [-0.2, -0.15) is 0 Å². The molecule has 0 radical (unpaired) electrons. The fourth-order valence-electron chi connectivity index (χ4n) is 4.18. The number of Topliss-reactive ketones (excluding diaryl/α,β-unsaturated/α-hetero) is 1. The predicted octanol–water partition coefficient (Wildman–Crippen LogP) is 2.61. The van der Waals surface area contributed by atoms with Crippen molar-refractivity contribution in [1.82, 2.24) is 13.7 Å². The number of ether oxygens (including phenoxy) is 2. The normalized spacial score (nSPS) is 12.1. The van der Waals surface area contributed by atoms with Gasteiger partial charge < -0.3 is 14.6 Å². The molecule has 2 aromatic carbocycles. The Labute approximate surface area is 237 Å². The number of hydrogen-bond acceptors (Lipinski definition) is 8. The van der Waals surface area contributed by atoms with Gasteiger partial charge in [0.15, 0.2) is 5.78 Å². The van der Waals surface area contributed by atoms with E-state index in [1.807, 2.05) is 45.0 Å². The number of fused-ring (bicyclic) bond motifs is 1. The van der Waals surface area contributed by atoms with Crippen molar-refractivity contribution in [2.75, 3.05) is 19.8 Å². The van der Waals surface area contributed by atoms with Gasteiger partial charge in [-0.1, -0.05) is 52.0 Å². The summed E-state index contributed by atoms with van der Waals surface area (Å²) in [6, 6.07) is 10.6. The molecule has 3 rings (SSSR count). The van der Waals surface area contributed by atoms with Gasteiger partial charge in [0.25, 0.3) is 0 Å². The number of aliphatic hydroxyl groups is 1. The first-order valence-corrected chi connectivity index (χ1v) is 13.7. The molecule has 1 N–H and O–H groups in total. The van der Waals surface area contributed by atoms with Crippen molar-refractivity contribution >= 4 is 22.5 Å². The van der Waals surface area contributed by atoms with Crippen molar-refractivity contribution in [2.45, 2.75) is 73.2 Å². The highest BCUT2D eigenvalue weighted by Gasteiger charge is 2.28. The van der Waals surface area contributed by atoms with Gasteiger partial charge in [0.2, 0.25) is 0 Å². The van der Waals surface area contributed by atoms with E-state index in [0.29, 0.717) is 6.42 Å². The summed E-state index contributed by atoms with van der Waals surface area (Å²) in [4.78, 5) is 65.4. The summed E-state index contributed by atoms with van der Waals surface area (Å²) in [7, 11) is 0. The van der Waals surface area contributed by atoms with Crippen molar-refractivity contribution in [1.29, 1.82) is 0 Å². The fourth-order valence-corrected chi connectivity index (χ4v) is 4.18. The standard InChI is InChI=1S/C30H39N3O8/c1-7-30(5,6)41-17-14-33-27(38)31(12-15-34)26(37)32(28(33)39)13-16-40-25(36)23-19-21-11-9-8-10-20(21)18-22(23)24(35)29(2,3)4/h8-11,18-19,34H,7,12-17H2,1-6H3. The number of carbonyl (C=O) groups is 2. The Bertz CT molecular complexity index is 1610. The molecule has 11 nitrogen and oxygen atoms in total. The fraction of sp³-hybridized carbons (Fsp3) is 0.500. The number of carbonyl (C=O) groups excluding carboxylic acids is 2. The van der Waals surface area contributed by atoms with Crippen molar-refractivity contribution in [3.8, 4) is 0 Å². The van der Waals surface area contributed by atoms with Crippen molar-refractivity contribution < 1.29 is 24.2 Å². The van der Waals surface area contributed by atoms with Gasteiger partial charge in [0.05, 0.1) is 44.0 Å². The molecule has 0 saturated carbocycles. The minimum atomic E-state index is -0.926. The summed E-state index contributed by atoms with van der Waals surface area (Å²) in [5, 5.41) is 10.9. The topological polar surface area (TPSA) is 139 Å². The van der Waals surface area contributed by atoms with E-state index in [1.165, 1.54) is 0 Å². The van der Waals surface area contributed by atoms with Crippen LogP contribution in [0.2, 0.25) is 0 Å². The molecular formula is C30H39N3O8. The molecule has 222 valence electrons. The Morgan fingerprint density at radius 2 is 1.27 bits per heavy atom. The molecule has 3 aromatic rings. The average molecular weight is 570 g/mol. The molecule has 1 heterocycles. The van der Waals surface area contributed by atoms with Crippen molar-refractivity contribution in [3.63, 3.8) is 0 Å². The number of aromatic nitrogens is 3. The van der Waals surface area contributed by atoms with Crippen LogP contribution in [0.5, 0.6) is 0 Å². The summed E-state index contributed by atoms with van der Waals surface area (Å²) >= 11 is 0. The zero-order chi connectivity index (χ0) is 30.5.